The number of hydrazone groups is 1. The minimum Gasteiger partial charge on any atom is -0.247 e. The van der Waals surface area contributed by atoms with E-state index in [1.54, 1.807) is 0 Å². The molecule has 0 aromatic heterocycles. The zero-order chi connectivity index (χ0) is 18.9. The van der Waals surface area contributed by atoms with Gasteiger partial charge in [-0.25, -0.2) is 5.01 Å². The highest BCUT2D eigenvalue weighted by Gasteiger charge is 2.73. The number of benzene rings is 2. The predicted molar refractivity (Wildman–Crippen MR) is 116 cm³/mol. The van der Waals surface area contributed by atoms with Crippen molar-refractivity contribution in [3.05, 3.63) is 65.7 Å². The lowest BCUT2D eigenvalue weighted by Gasteiger charge is -2.49. The fourth-order valence-corrected chi connectivity index (χ4v) is 7.53. The third-order valence-corrected chi connectivity index (χ3v) is 9.56. The second-order valence-electron chi connectivity index (χ2n) is 9.30. The molecule has 1 aliphatic heterocycles. The van der Waals surface area contributed by atoms with Crippen LogP contribution >= 0.6 is 11.8 Å². The van der Waals surface area contributed by atoms with Crippen molar-refractivity contribution in [2.45, 2.75) is 51.8 Å². The van der Waals surface area contributed by atoms with E-state index in [0.29, 0.717) is 5.41 Å². The average Bonchev–Trinajstić information content (AvgIpc) is 3.20. The Labute approximate surface area is 167 Å². The Hall–Kier alpha value is -1.74. The van der Waals surface area contributed by atoms with Crippen LogP contribution in [0, 0.1) is 23.7 Å². The van der Waals surface area contributed by atoms with Crippen LogP contribution in [0.2, 0.25) is 0 Å². The predicted octanol–water partition coefficient (Wildman–Crippen LogP) is 6.45. The molecule has 3 atom stereocenters. The van der Waals surface area contributed by atoms with Gasteiger partial charge in [0.15, 0.2) is 0 Å². The first kappa shape index (κ1) is 17.4. The third-order valence-electron chi connectivity index (χ3n) is 7.92. The minimum absolute atomic E-state index is 0.0149. The van der Waals surface area contributed by atoms with Crippen molar-refractivity contribution in [2.24, 2.45) is 21.8 Å². The molecule has 5 rings (SSSR count). The highest BCUT2D eigenvalue weighted by atomic mass is 32.2. The Morgan fingerprint density at radius 1 is 1.00 bits per heavy atom. The summed E-state index contributed by atoms with van der Waals surface area (Å²) < 4.78 is 0. The molecule has 140 valence electrons. The molecule has 2 aromatic rings. The van der Waals surface area contributed by atoms with Gasteiger partial charge in [0.2, 0.25) is 0 Å². The smallest absolute Gasteiger partial charge is 0.126 e. The molecule has 0 N–H and O–H groups in total. The number of aryl methyl sites for hydroxylation is 1. The molecule has 2 bridgehead atoms. The van der Waals surface area contributed by atoms with Crippen LogP contribution in [-0.2, 0) is 0 Å². The van der Waals surface area contributed by atoms with Gasteiger partial charge in [0.25, 0.3) is 0 Å². The summed E-state index contributed by atoms with van der Waals surface area (Å²) in [5.74, 6) is 0.772. The lowest BCUT2D eigenvalue weighted by Crippen LogP contribution is -2.53. The van der Waals surface area contributed by atoms with E-state index in [-0.39, 0.29) is 10.3 Å². The molecule has 2 fully saturated rings. The first-order valence-electron chi connectivity index (χ1n) is 10.1. The van der Waals surface area contributed by atoms with Gasteiger partial charge in [-0.3, -0.25) is 0 Å². The van der Waals surface area contributed by atoms with Gasteiger partial charge >= 0.3 is 0 Å². The van der Waals surface area contributed by atoms with Gasteiger partial charge in [-0.1, -0.05) is 80.6 Å². The number of thioether (sulfide) groups is 1. The van der Waals surface area contributed by atoms with Crippen LogP contribution < -0.4 is 5.01 Å². The largest absolute Gasteiger partial charge is 0.247 e. The third kappa shape index (κ3) is 2.18. The Kier molecular flexibility index (Phi) is 3.62. The van der Waals surface area contributed by atoms with Gasteiger partial charge in [-0.2, -0.15) is 5.10 Å². The zero-order valence-corrected chi connectivity index (χ0v) is 17.5. The summed E-state index contributed by atoms with van der Waals surface area (Å²) in [6.45, 7) is 9.65. The van der Waals surface area contributed by atoms with Gasteiger partial charge in [0.1, 0.15) is 9.91 Å². The van der Waals surface area contributed by atoms with E-state index in [1.165, 1.54) is 41.1 Å². The summed E-state index contributed by atoms with van der Waals surface area (Å²) in [5.41, 5.74) is 4.33. The van der Waals surface area contributed by atoms with Gasteiger partial charge in [0, 0.05) is 11.0 Å². The van der Waals surface area contributed by atoms with Gasteiger partial charge in [-0.15, -0.1) is 0 Å². The molecular weight excluding hydrogens is 348 g/mol. The molecule has 3 unspecified atom stereocenters. The molecular formula is C24H28N2S. The van der Waals surface area contributed by atoms with E-state index in [1.807, 2.05) is 11.8 Å². The fourth-order valence-electron chi connectivity index (χ4n) is 5.73. The van der Waals surface area contributed by atoms with E-state index < -0.39 is 0 Å². The Morgan fingerprint density at radius 2 is 1.70 bits per heavy atom. The summed E-state index contributed by atoms with van der Waals surface area (Å²) in [6, 6.07) is 19.6. The number of hydrogen-bond donors (Lipinski definition) is 0. The summed E-state index contributed by atoms with van der Waals surface area (Å²) in [6.07, 6.45) is 3.86. The number of nitrogens with zero attached hydrogens (tertiary/aromatic N) is 2. The van der Waals surface area contributed by atoms with Crippen molar-refractivity contribution in [1.82, 2.24) is 0 Å². The first-order chi connectivity index (χ1) is 12.9. The van der Waals surface area contributed by atoms with Crippen LogP contribution in [0.5, 0.6) is 0 Å². The van der Waals surface area contributed by atoms with Crippen molar-refractivity contribution in [3.8, 4) is 0 Å². The highest BCUT2D eigenvalue weighted by molar-refractivity contribution is 8.16. The standard InChI is InChI=1S/C24H28N2S/c1-17-10-12-18(13-11-17)21-25-26(20-8-6-5-7-9-20)24(27-21)16-19-14-15-23(24,4)22(19,2)3/h5-13,19H,14-16H2,1-4H3. The lowest BCUT2D eigenvalue weighted by atomic mass is 9.68. The van der Waals surface area contributed by atoms with E-state index in [0.717, 1.165) is 5.92 Å². The van der Waals surface area contributed by atoms with E-state index in [4.69, 9.17) is 5.10 Å². The second kappa shape index (κ2) is 5.64. The minimum atomic E-state index is 0.0149. The average molecular weight is 377 g/mol. The molecule has 0 radical (unpaired) electrons. The number of para-hydroxylation sites is 1. The van der Waals surface area contributed by atoms with Gasteiger partial charge < -0.3 is 0 Å². The van der Waals surface area contributed by atoms with Crippen LogP contribution in [0.4, 0.5) is 5.69 Å². The maximum Gasteiger partial charge on any atom is 0.126 e. The van der Waals surface area contributed by atoms with E-state index >= 15 is 0 Å². The molecule has 2 aliphatic carbocycles. The molecule has 3 heteroatoms. The Balaban J connectivity index is 1.65. The number of fused-ring (bicyclic) bond motifs is 3. The SMILES string of the molecule is Cc1ccc(C2=NN(c3ccccc3)C3(CC4CCC3(C)C4(C)C)S2)cc1. The molecule has 2 aromatic carbocycles. The van der Waals surface area contributed by atoms with Crippen LogP contribution in [0.15, 0.2) is 59.7 Å². The molecule has 27 heavy (non-hydrogen) atoms. The number of anilines is 1. The first-order valence-corrected chi connectivity index (χ1v) is 10.9. The van der Waals surface area contributed by atoms with Crippen LogP contribution in [0.3, 0.4) is 0 Å². The summed E-state index contributed by atoms with van der Waals surface area (Å²) >= 11 is 2.02. The normalized spacial score (nSPS) is 33.7. The summed E-state index contributed by atoms with van der Waals surface area (Å²) in [4.78, 5) is 0.0149. The maximum absolute atomic E-state index is 5.24. The topological polar surface area (TPSA) is 15.6 Å². The van der Waals surface area contributed by atoms with Crippen molar-refractivity contribution in [2.75, 3.05) is 5.01 Å². The quantitative estimate of drug-likeness (QED) is 0.598. The van der Waals surface area contributed by atoms with Crippen molar-refractivity contribution in [1.29, 1.82) is 0 Å². The monoisotopic (exact) mass is 376 g/mol. The second-order valence-corrected chi connectivity index (χ2v) is 10.6. The van der Waals surface area contributed by atoms with Gasteiger partial charge in [0.05, 0.1) is 5.69 Å². The van der Waals surface area contributed by atoms with Crippen molar-refractivity contribution in [3.63, 3.8) is 0 Å². The van der Waals surface area contributed by atoms with Gasteiger partial charge in [-0.05, 0) is 49.7 Å². The van der Waals surface area contributed by atoms with E-state index in [9.17, 15) is 0 Å². The van der Waals surface area contributed by atoms with Crippen LogP contribution in [-0.4, -0.2) is 9.91 Å². The maximum atomic E-state index is 5.24. The molecule has 0 amide bonds. The van der Waals surface area contributed by atoms with Crippen LogP contribution in [0.25, 0.3) is 0 Å². The van der Waals surface area contributed by atoms with Crippen LogP contribution in [0.1, 0.15) is 51.2 Å². The Bertz CT molecular complexity index is 902. The molecule has 0 saturated heterocycles. The number of rotatable bonds is 2. The highest BCUT2D eigenvalue weighted by Crippen LogP contribution is 2.75. The zero-order valence-electron chi connectivity index (χ0n) is 16.7. The molecule has 1 heterocycles. The Morgan fingerprint density at radius 3 is 2.30 bits per heavy atom. The molecule has 2 saturated carbocycles. The molecule has 1 spiro atoms. The lowest BCUT2D eigenvalue weighted by molar-refractivity contribution is 0.121. The summed E-state index contributed by atoms with van der Waals surface area (Å²) in [5, 5.41) is 8.79. The van der Waals surface area contributed by atoms with E-state index in [2.05, 4.69) is 87.3 Å². The van der Waals surface area contributed by atoms with Crippen molar-refractivity contribution >= 4 is 22.5 Å². The molecule has 2 nitrogen and oxygen atoms in total. The summed E-state index contributed by atoms with van der Waals surface area (Å²) in [7, 11) is 0. The fraction of sp³-hybridized carbons (Fsp3) is 0.458. The molecule has 3 aliphatic rings. The van der Waals surface area contributed by atoms with Crippen molar-refractivity contribution < 1.29 is 0 Å². The number of hydrogen-bond acceptors (Lipinski definition) is 3.